The normalized spacial score (nSPS) is 19.5. The van der Waals surface area contributed by atoms with Crippen LogP contribution in [-0.4, -0.2) is 44.3 Å². The van der Waals surface area contributed by atoms with E-state index >= 15 is 0 Å². The van der Waals surface area contributed by atoms with Crippen molar-refractivity contribution in [2.45, 2.75) is 12.5 Å². The molecule has 0 N–H and O–H groups in total. The third-order valence-corrected chi connectivity index (χ3v) is 3.29. The van der Waals surface area contributed by atoms with Gasteiger partial charge in [-0.15, -0.1) is 0 Å². The number of hydrogen-bond donors (Lipinski definition) is 0. The quantitative estimate of drug-likeness (QED) is 0.340. The van der Waals surface area contributed by atoms with E-state index in [-0.39, 0.29) is 12.4 Å². The van der Waals surface area contributed by atoms with Crippen LogP contribution < -0.4 is 0 Å². The van der Waals surface area contributed by atoms with Gasteiger partial charge in [0.05, 0.1) is 20.8 Å². The van der Waals surface area contributed by atoms with Crippen molar-refractivity contribution in [3.63, 3.8) is 0 Å². The Hall–Kier alpha value is -2.87. The van der Waals surface area contributed by atoms with E-state index in [2.05, 4.69) is 4.74 Å². The summed E-state index contributed by atoms with van der Waals surface area (Å²) in [4.78, 5) is 47.0. The standard InChI is InChI=1S/C16H16O8/c1-4-22-15(19)16(14(18)21-3)11(13(17)20-2)12(23-24-16)10-8-6-5-7-9-10/h5-9H,4H2,1-3H3. The van der Waals surface area contributed by atoms with E-state index in [0.29, 0.717) is 5.56 Å². The Kier molecular flexibility index (Phi) is 5.20. The predicted molar refractivity (Wildman–Crippen MR) is 78.9 cm³/mol. The van der Waals surface area contributed by atoms with E-state index in [1.165, 1.54) is 0 Å². The van der Waals surface area contributed by atoms with Gasteiger partial charge in [0.2, 0.25) is 0 Å². The molecule has 0 radical (unpaired) electrons. The second-order valence-corrected chi connectivity index (χ2v) is 4.62. The van der Waals surface area contributed by atoms with E-state index in [1.807, 2.05) is 0 Å². The summed E-state index contributed by atoms with van der Waals surface area (Å²) in [5.41, 5.74) is -2.54. The number of carbonyl (C=O) groups excluding carboxylic acids is 3. The van der Waals surface area contributed by atoms with Gasteiger partial charge in [-0.05, 0) is 6.92 Å². The molecule has 1 atom stereocenters. The van der Waals surface area contributed by atoms with Crippen molar-refractivity contribution in [1.82, 2.24) is 0 Å². The zero-order chi connectivity index (χ0) is 17.7. The van der Waals surface area contributed by atoms with Crippen LogP contribution in [0, 0.1) is 0 Å². The molecule has 1 aliphatic rings. The van der Waals surface area contributed by atoms with Gasteiger partial charge in [-0.25, -0.2) is 14.4 Å². The van der Waals surface area contributed by atoms with Crippen molar-refractivity contribution >= 4 is 23.7 Å². The average Bonchev–Trinajstić information content (AvgIpc) is 3.02. The van der Waals surface area contributed by atoms with Crippen LogP contribution in [0.1, 0.15) is 12.5 Å². The molecular formula is C16H16O8. The van der Waals surface area contributed by atoms with Gasteiger partial charge in [0.1, 0.15) is 5.57 Å². The van der Waals surface area contributed by atoms with Gasteiger partial charge in [0.15, 0.2) is 5.76 Å². The molecule has 8 heteroatoms. The predicted octanol–water partition coefficient (Wildman–Crippen LogP) is 1.01. The summed E-state index contributed by atoms with van der Waals surface area (Å²) in [6.45, 7) is 1.49. The summed E-state index contributed by atoms with van der Waals surface area (Å²) in [7, 11) is 2.14. The summed E-state index contributed by atoms with van der Waals surface area (Å²) >= 11 is 0. The molecule has 0 spiro atoms. The Labute approximate surface area is 137 Å². The summed E-state index contributed by atoms with van der Waals surface area (Å²) in [6.07, 6.45) is 0. The molecule has 0 bridgehead atoms. The van der Waals surface area contributed by atoms with Crippen LogP contribution in [0.4, 0.5) is 0 Å². The van der Waals surface area contributed by atoms with E-state index in [9.17, 15) is 14.4 Å². The first-order valence-corrected chi connectivity index (χ1v) is 7.02. The van der Waals surface area contributed by atoms with Gasteiger partial charge in [-0.1, -0.05) is 30.3 Å². The maximum absolute atomic E-state index is 12.4. The monoisotopic (exact) mass is 336 g/mol. The largest absolute Gasteiger partial charge is 0.466 e. The van der Waals surface area contributed by atoms with E-state index in [1.54, 1.807) is 37.3 Å². The van der Waals surface area contributed by atoms with Crippen molar-refractivity contribution < 1.29 is 38.4 Å². The molecule has 8 nitrogen and oxygen atoms in total. The number of benzene rings is 1. The molecule has 1 unspecified atom stereocenters. The minimum atomic E-state index is -2.51. The zero-order valence-electron chi connectivity index (χ0n) is 13.4. The lowest BCUT2D eigenvalue weighted by atomic mass is 9.91. The van der Waals surface area contributed by atoms with E-state index in [0.717, 1.165) is 14.2 Å². The highest BCUT2D eigenvalue weighted by molar-refractivity contribution is 6.18. The molecule has 1 aromatic rings. The molecule has 1 aromatic carbocycles. The van der Waals surface area contributed by atoms with Crippen LogP contribution in [0.3, 0.4) is 0 Å². The van der Waals surface area contributed by atoms with Crippen LogP contribution in [0.5, 0.6) is 0 Å². The van der Waals surface area contributed by atoms with E-state index in [4.69, 9.17) is 19.2 Å². The molecule has 0 saturated carbocycles. The highest BCUT2D eigenvalue weighted by Gasteiger charge is 2.64. The lowest BCUT2D eigenvalue weighted by Crippen LogP contribution is -2.52. The maximum atomic E-state index is 12.4. The van der Waals surface area contributed by atoms with Crippen LogP contribution >= 0.6 is 0 Å². The smallest absolute Gasteiger partial charge is 0.360 e. The number of esters is 3. The van der Waals surface area contributed by atoms with Gasteiger partial charge in [-0.2, -0.15) is 4.89 Å². The topological polar surface area (TPSA) is 97.4 Å². The fraction of sp³-hybridized carbons (Fsp3) is 0.312. The van der Waals surface area contributed by atoms with Crippen LogP contribution in [0.2, 0.25) is 0 Å². The SMILES string of the molecule is CCOC(=O)C1(C(=O)OC)OOC(c2ccccc2)=C1C(=O)OC. The highest BCUT2D eigenvalue weighted by Crippen LogP contribution is 2.40. The molecule has 0 fully saturated rings. The van der Waals surface area contributed by atoms with Gasteiger partial charge in [-0.3, -0.25) is 0 Å². The first-order chi connectivity index (χ1) is 11.5. The number of carbonyl (C=O) groups is 3. The van der Waals surface area contributed by atoms with Gasteiger partial charge in [0, 0.05) is 5.56 Å². The molecule has 0 aromatic heterocycles. The third-order valence-electron chi connectivity index (χ3n) is 3.29. The molecule has 0 saturated heterocycles. The summed E-state index contributed by atoms with van der Waals surface area (Å²) in [5, 5.41) is 0. The minimum absolute atomic E-state index is 0.0456. The molecule has 128 valence electrons. The molecule has 1 aliphatic heterocycles. The first kappa shape index (κ1) is 17.5. The Morgan fingerprint density at radius 2 is 1.71 bits per heavy atom. The summed E-state index contributed by atoms with van der Waals surface area (Å²) < 4.78 is 14.2. The third kappa shape index (κ3) is 2.71. The maximum Gasteiger partial charge on any atom is 0.360 e. The van der Waals surface area contributed by atoms with E-state index < -0.39 is 29.1 Å². The van der Waals surface area contributed by atoms with Gasteiger partial charge >= 0.3 is 23.5 Å². The average molecular weight is 336 g/mol. The Morgan fingerprint density at radius 3 is 2.25 bits per heavy atom. The molecule has 0 aliphatic carbocycles. The fourth-order valence-corrected chi connectivity index (χ4v) is 2.20. The molecular weight excluding hydrogens is 320 g/mol. The van der Waals surface area contributed by atoms with Crippen LogP contribution in [0.15, 0.2) is 35.9 Å². The Morgan fingerprint density at radius 1 is 1.04 bits per heavy atom. The Balaban J connectivity index is 2.70. The zero-order valence-corrected chi connectivity index (χ0v) is 13.4. The van der Waals surface area contributed by atoms with Crippen molar-refractivity contribution in [3.05, 3.63) is 41.5 Å². The van der Waals surface area contributed by atoms with Crippen molar-refractivity contribution in [1.29, 1.82) is 0 Å². The summed E-state index contributed by atoms with van der Waals surface area (Å²) in [6, 6.07) is 8.34. The van der Waals surface area contributed by atoms with Gasteiger partial charge < -0.3 is 19.1 Å². The minimum Gasteiger partial charge on any atom is -0.466 e. The van der Waals surface area contributed by atoms with Crippen molar-refractivity contribution in [3.8, 4) is 0 Å². The van der Waals surface area contributed by atoms with Crippen LogP contribution in [0.25, 0.3) is 5.76 Å². The summed E-state index contributed by atoms with van der Waals surface area (Å²) in [5.74, 6) is -3.40. The number of methoxy groups -OCH3 is 2. The number of ether oxygens (including phenoxy) is 3. The second-order valence-electron chi connectivity index (χ2n) is 4.62. The molecule has 24 heavy (non-hydrogen) atoms. The lowest BCUT2D eigenvalue weighted by Gasteiger charge is -2.21. The lowest BCUT2D eigenvalue weighted by molar-refractivity contribution is -0.280. The second kappa shape index (κ2) is 7.14. The molecule has 1 heterocycles. The van der Waals surface area contributed by atoms with Crippen molar-refractivity contribution in [2.24, 2.45) is 0 Å². The first-order valence-electron chi connectivity index (χ1n) is 7.02. The van der Waals surface area contributed by atoms with Crippen LogP contribution in [-0.2, 0) is 38.4 Å². The molecule has 2 rings (SSSR count). The molecule has 0 amide bonds. The highest BCUT2D eigenvalue weighted by atomic mass is 17.2. The van der Waals surface area contributed by atoms with Crippen molar-refractivity contribution in [2.75, 3.05) is 20.8 Å². The number of hydrogen-bond acceptors (Lipinski definition) is 8. The Bertz CT molecular complexity index is 679. The number of rotatable bonds is 5. The fourth-order valence-electron chi connectivity index (χ4n) is 2.20. The van der Waals surface area contributed by atoms with Gasteiger partial charge in [0.25, 0.3) is 0 Å².